The second-order valence-electron chi connectivity index (χ2n) is 5.66. The van der Waals surface area contributed by atoms with Crippen LogP contribution in [0.15, 0.2) is 45.9 Å². The van der Waals surface area contributed by atoms with Gasteiger partial charge in [-0.1, -0.05) is 17.7 Å². The SMILES string of the molecule is NCc1cc(C(=O)N2CCN(S(=O)(=O)c3cccc(Cl)c3)CC2)co1. The van der Waals surface area contributed by atoms with Gasteiger partial charge in [-0.15, -0.1) is 0 Å². The highest BCUT2D eigenvalue weighted by atomic mass is 35.5. The molecule has 0 bridgehead atoms. The second kappa shape index (κ2) is 7.17. The molecule has 0 spiro atoms. The van der Waals surface area contributed by atoms with Crippen molar-refractivity contribution in [2.75, 3.05) is 26.2 Å². The summed E-state index contributed by atoms with van der Waals surface area (Å²) in [5.74, 6) is 0.341. The standard InChI is InChI=1S/C16H18ClN3O4S/c17-13-2-1-3-15(9-13)25(22,23)20-6-4-19(5-7-20)16(21)12-8-14(10-18)24-11-12/h1-3,8-9,11H,4-7,10,18H2. The van der Waals surface area contributed by atoms with E-state index in [2.05, 4.69) is 0 Å². The molecule has 1 saturated heterocycles. The van der Waals surface area contributed by atoms with Crippen LogP contribution in [-0.2, 0) is 16.6 Å². The number of piperazine rings is 1. The van der Waals surface area contributed by atoms with E-state index < -0.39 is 10.0 Å². The van der Waals surface area contributed by atoms with Crippen molar-refractivity contribution in [3.63, 3.8) is 0 Å². The summed E-state index contributed by atoms with van der Waals surface area (Å²) in [6.45, 7) is 1.28. The molecule has 0 atom stereocenters. The van der Waals surface area contributed by atoms with Gasteiger partial charge in [0.2, 0.25) is 10.0 Å². The molecule has 2 heterocycles. The summed E-state index contributed by atoms with van der Waals surface area (Å²) in [6, 6.07) is 7.77. The maximum atomic E-state index is 12.7. The van der Waals surface area contributed by atoms with Crippen LogP contribution >= 0.6 is 11.6 Å². The fourth-order valence-corrected chi connectivity index (χ4v) is 4.41. The molecule has 1 fully saturated rings. The quantitative estimate of drug-likeness (QED) is 0.863. The number of benzene rings is 1. The Kier molecular flexibility index (Phi) is 5.14. The zero-order valence-corrected chi connectivity index (χ0v) is 15.0. The van der Waals surface area contributed by atoms with E-state index in [0.717, 1.165) is 0 Å². The Balaban J connectivity index is 1.68. The fourth-order valence-electron chi connectivity index (χ4n) is 2.69. The topological polar surface area (TPSA) is 96.9 Å². The van der Waals surface area contributed by atoms with Gasteiger partial charge in [-0.3, -0.25) is 4.79 Å². The normalized spacial score (nSPS) is 16.2. The Morgan fingerprint density at radius 2 is 1.92 bits per heavy atom. The number of furan rings is 1. The number of nitrogens with zero attached hydrogens (tertiary/aromatic N) is 2. The van der Waals surface area contributed by atoms with Crippen molar-refractivity contribution in [2.24, 2.45) is 5.73 Å². The van der Waals surface area contributed by atoms with Crippen molar-refractivity contribution >= 4 is 27.5 Å². The highest BCUT2D eigenvalue weighted by molar-refractivity contribution is 7.89. The molecule has 0 radical (unpaired) electrons. The van der Waals surface area contributed by atoms with Gasteiger partial charge in [0, 0.05) is 31.2 Å². The number of carbonyl (C=O) groups excluding carboxylic acids is 1. The minimum atomic E-state index is -3.62. The van der Waals surface area contributed by atoms with E-state index >= 15 is 0 Å². The largest absolute Gasteiger partial charge is 0.467 e. The van der Waals surface area contributed by atoms with Gasteiger partial charge in [-0.25, -0.2) is 8.42 Å². The summed E-state index contributed by atoms with van der Waals surface area (Å²) in [6.07, 6.45) is 1.37. The molecule has 2 N–H and O–H groups in total. The van der Waals surface area contributed by atoms with Crippen LogP contribution in [0.4, 0.5) is 0 Å². The van der Waals surface area contributed by atoms with Crippen LogP contribution in [-0.4, -0.2) is 49.7 Å². The molecule has 1 aromatic heterocycles. The van der Waals surface area contributed by atoms with Gasteiger partial charge in [0.05, 0.1) is 17.0 Å². The van der Waals surface area contributed by atoms with Crippen molar-refractivity contribution < 1.29 is 17.6 Å². The molecule has 7 nitrogen and oxygen atoms in total. The van der Waals surface area contributed by atoms with Crippen LogP contribution in [0.3, 0.4) is 0 Å². The summed E-state index contributed by atoms with van der Waals surface area (Å²) in [5.41, 5.74) is 5.90. The van der Waals surface area contributed by atoms with Gasteiger partial charge >= 0.3 is 0 Å². The lowest BCUT2D eigenvalue weighted by Crippen LogP contribution is -2.50. The van der Waals surface area contributed by atoms with Crippen molar-refractivity contribution in [1.29, 1.82) is 0 Å². The Morgan fingerprint density at radius 1 is 1.20 bits per heavy atom. The third-order valence-corrected chi connectivity index (χ3v) is 6.19. The molecule has 25 heavy (non-hydrogen) atoms. The predicted octanol–water partition coefficient (Wildman–Crippen LogP) is 1.54. The van der Waals surface area contributed by atoms with E-state index in [-0.39, 0.29) is 30.4 Å². The van der Waals surface area contributed by atoms with Crippen LogP contribution in [0, 0.1) is 0 Å². The third-order valence-electron chi connectivity index (χ3n) is 4.06. The molecule has 1 amide bonds. The highest BCUT2D eigenvalue weighted by Crippen LogP contribution is 2.21. The monoisotopic (exact) mass is 383 g/mol. The Bertz CT molecular complexity index is 873. The maximum Gasteiger partial charge on any atom is 0.257 e. The number of hydrogen-bond acceptors (Lipinski definition) is 5. The zero-order valence-electron chi connectivity index (χ0n) is 13.4. The summed E-state index contributed by atoms with van der Waals surface area (Å²) in [7, 11) is -3.62. The first-order chi connectivity index (χ1) is 11.9. The van der Waals surface area contributed by atoms with Crippen LogP contribution in [0.25, 0.3) is 0 Å². The minimum Gasteiger partial charge on any atom is -0.467 e. The number of rotatable bonds is 4. The molecular weight excluding hydrogens is 366 g/mol. The lowest BCUT2D eigenvalue weighted by molar-refractivity contribution is 0.0697. The Hall–Kier alpha value is -1.87. The van der Waals surface area contributed by atoms with Crippen molar-refractivity contribution in [2.45, 2.75) is 11.4 Å². The number of sulfonamides is 1. The molecule has 0 unspecified atom stereocenters. The summed E-state index contributed by atoms with van der Waals surface area (Å²) in [5, 5.41) is 0.366. The molecule has 1 aromatic carbocycles. The third kappa shape index (κ3) is 3.72. The first kappa shape index (κ1) is 17.9. The molecule has 1 aliphatic heterocycles. The fraction of sp³-hybridized carbons (Fsp3) is 0.312. The highest BCUT2D eigenvalue weighted by Gasteiger charge is 2.30. The van der Waals surface area contributed by atoms with Gasteiger partial charge in [0.1, 0.15) is 12.0 Å². The van der Waals surface area contributed by atoms with E-state index in [1.54, 1.807) is 23.1 Å². The molecule has 9 heteroatoms. The minimum absolute atomic E-state index is 0.155. The molecule has 0 saturated carbocycles. The smallest absolute Gasteiger partial charge is 0.257 e. The van der Waals surface area contributed by atoms with E-state index in [1.807, 2.05) is 0 Å². The van der Waals surface area contributed by atoms with Crippen molar-refractivity contribution in [3.8, 4) is 0 Å². The molecule has 2 aromatic rings. The van der Waals surface area contributed by atoms with Gasteiger partial charge in [-0.05, 0) is 24.3 Å². The average molecular weight is 384 g/mol. The van der Waals surface area contributed by atoms with Crippen LogP contribution in [0.2, 0.25) is 5.02 Å². The Morgan fingerprint density at radius 3 is 2.52 bits per heavy atom. The summed E-state index contributed by atoms with van der Waals surface area (Å²) in [4.78, 5) is 14.2. The number of hydrogen-bond donors (Lipinski definition) is 1. The van der Waals surface area contributed by atoms with Crippen LogP contribution in [0.5, 0.6) is 0 Å². The molecule has 3 rings (SSSR count). The number of carbonyl (C=O) groups is 1. The Labute approximate surface area is 151 Å². The molecular formula is C16H18ClN3O4S. The predicted molar refractivity (Wildman–Crippen MR) is 92.7 cm³/mol. The van der Waals surface area contributed by atoms with Crippen LogP contribution in [0.1, 0.15) is 16.1 Å². The summed E-state index contributed by atoms with van der Waals surface area (Å²) < 4.78 is 31.9. The second-order valence-corrected chi connectivity index (χ2v) is 8.03. The number of halogens is 1. The zero-order chi connectivity index (χ0) is 18.0. The lowest BCUT2D eigenvalue weighted by Gasteiger charge is -2.33. The first-order valence-electron chi connectivity index (χ1n) is 7.74. The van der Waals surface area contributed by atoms with E-state index in [0.29, 0.717) is 29.4 Å². The van der Waals surface area contributed by atoms with E-state index in [9.17, 15) is 13.2 Å². The van der Waals surface area contributed by atoms with Crippen LogP contribution < -0.4 is 5.73 Å². The van der Waals surface area contributed by atoms with Crippen molar-refractivity contribution in [3.05, 3.63) is 52.9 Å². The maximum absolute atomic E-state index is 12.7. The van der Waals surface area contributed by atoms with Gasteiger partial charge in [-0.2, -0.15) is 4.31 Å². The molecule has 134 valence electrons. The van der Waals surface area contributed by atoms with Gasteiger partial charge < -0.3 is 15.1 Å². The number of amides is 1. The summed E-state index contributed by atoms with van der Waals surface area (Å²) >= 11 is 5.88. The van der Waals surface area contributed by atoms with E-state index in [1.165, 1.54) is 22.7 Å². The first-order valence-corrected chi connectivity index (χ1v) is 9.56. The molecule has 0 aliphatic carbocycles. The lowest BCUT2D eigenvalue weighted by atomic mass is 10.2. The van der Waals surface area contributed by atoms with Crippen molar-refractivity contribution in [1.82, 2.24) is 9.21 Å². The number of nitrogens with two attached hydrogens (primary N) is 1. The molecule has 1 aliphatic rings. The van der Waals surface area contributed by atoms with E-state index in [4.69, 9.17) is 21.8 Å². The average Bonchev–Trinajstić information content (AvgIpc) is 3.10. The van der Waals surface area contributed by atoms with Gasteiger partial charge in [0.25, 0.3) is 5.91 Å². The van der Waals surface area contributed by atoms with Gasteiger partial charge in [0.15, 0.2) is 0 Å².